The molecule has 4 rings (SSSR count). The zero-order valence-corrected chi connectivity index (χ0v) is 16.9. The van der Waals surface area contributed by atoms with E-state index in [0.717, 1.165) is 34.6 Å². The molecule has 0 aliphatic heterocycles. The molecule has 0 aliphatic carbocycles. The van der Waals surface area contributed by atoms with Crippen molar-refractivity contribution in [3.8, 4) is 11.1 Å². The molecule has 0 fully saturated rings. The molecule has 0 saturated carbocycles. The third-order valence-corrected chi connectivity index (χ3v) is 5.26. The Morgan fingerprint density at radius 3 is 2.40 bits per heavy atom. The summed E-state index contributed by atoms with van der Waals surface area (Å²) in [6.07, 6.45) is 2.47. The van der Waals surface area contributed by atoms with Crippen LogP contribution in [0.15, 0.2) is 65.6 Å². The molecule has 2 aromatic heterocycles. The maximum atomic E-state index is 13.2. The van der Waals surface area contributed by atoms with E-state index in [9.17, 15) is 9.18 Å². The summed E-state index contributed by atoms with van der Waals surface area (Å²) in [5.74, 6) is -0.286. The van der Waals surface area contributed by atoms with Crippen molar-refractivity contribution in [2.24, 2.45) is 0 Å². The van der Waals surface area contributed by atoms with E-state index in [4.69, 9.17) is 0 Å². The maximum Gasteiger partial charge on any atom is 0.252 e. The highest BCUT2D eigenvalue weighted by molar-refractivity contribution is 5.63. The molecule has 30 heavy (non-hydrogen) atoms. The second-order valence-corrected chi connectivity index (χ2v) is 7.39. The van der Waals surface area contributed by atoms with E-state index < -0.39 is 0 Å². The van der Waals surface area contributed by atoms with E-state index in [-0.39, 0.29) is 11.4 Å². The van der Waals surface area contributed by atoms with E-state index >= 15 is 0 Å². The van der Waals surface area contributed by atoms with Crippen LogP contribution in [0.2, 0.25) is 0 Å². The van der Waals surface area contributed by atoms with E-state index in [1.54, 1.807) is 18.3 Å². The number of rotatable bonds is 6. The van der Waals surface area contributed by atoms with Gasteiger partial charge in [0.05, 0.1) is 5.69 Å². The molecule has 3 N–H and O–H groups in total. The molecular formula is C24H23FN4O. The van der Waals surface area contributed by atoms with Crippen molar-refractivity contribution in [2.45, 2.75) is 26.8 Å². The number of hydrogen-bond acceptors (Lipinski definition) is 3. The van der Waals surface area contributed by atoms with Crippen molar-refractivity contribution in [2.75, 3.05) is 5.32 Å². The van der Waals surface area contributed by atoms with Crippen molar-refractivity contribution in [1.29, 1.82) is 0 Å². The van der Waals surface area contributed by atoms with E-state index in [0.29, 0.717) is 12.1 Å². The first-order valence-electron chi connectivity index (χ1n) is 9.80. The minimum Gasteiger partial charge on any atom is -0.381 e. The van der Waals surface area contributed by atoms with Crippen molar-refractivity contribution in [3.05, 3.63) is 105 Å². The van der Waals surface area contributed by atoms with Gasteiger partial charge in [-0.1, -0.05) is 24.3 Å². The Hall–Kier alpha value is -3.67. The standard InChI is InChI=1S/C24H23FN4O/c1-15-23(16(2)29-28-15)11-17-3-9-22(10-4-17)26-14-20-12-19(13-27-24(20)30)18-5-7-21(25)8-6-18/h3-10,12-13,26H,11,14H2,1-2H3,(H,27,30)(H,28,29). The fourth-order valence-corrected chi connectivity index (χ4v) is 3.45. The molecule has 0 radical (unpaired) electrons. The maximum absolute atomic E-state index is 13.2. The topological polar surface area (TPSA) is 73.6 Å². The molecule has 0 spiro atoms. The Balaban J connectivity index is 1.45. The molecule has 6 heteroatoms. The highest BCUT2D eigenvalue weighted by Crippen LogP contribution is 2.20. The first kappa shape index (κ1) is 19.6. The minimum absolute atomic E-state index is 0.143. The van der Waals surface area contributed by atoms with E-state index in [2.05, 4.69) is 32.6 Å². The zero-order valence-electron chi connectivity index (χ0n) is 16.9. The summed E-state index contributed by atoms with van der Waals surface area (Å²) in [6.45, 7) is 4.43. The van der Waals surface area contributed by atoms with Crippen LogP contribution in [0.1, 0.15) is 28.1 Å². The monoisotopic (exact) mass is 402 g/mol. The van der Waals surface area contributed by atoms with Gasteiger partial charge in [-0.25, -0.2) is 4.39 Å². The Labute approximate surface area is 174 Å². The van der Waals surface area contributed by atoms with Crippen LogP contribution in [0.3, 0.4) is 0 Å². The van der Waals surface area contributed by atoms with Crippen LogP contribution >= 0.6 is 0 Å². The van der Waals surface area contributed by atoms with E-state index in [1.807, 2.05) is 32.0 Å². The van der Waals surface area contributed by atoms with Gasteiger partial charge >= 0.3 is 0 Å². The summed E-state index contributed by atoms with van der Waals surface area (Å²) in [4.78, 5) is 15.0. The molecule has 152 valence electrons. The normalized spacial score (nSPS) is 10.9. The summed E-state index contributed by atoms with van der Waals surface area (Å²) < 4.78 is 13.2. The average Bonchev–Trinajstić information content (AvgIpc) is 3.07. The highest BCUT2D eigenvalue weighted by Gasteiger charge is 2.08. The third kappa shape index (κ3) is 4.33. The van der Waals surface area contributed by atoms with Crippen LogP contribution < -0.4 is 10.9 Å². The number of aryl methyl sites for hydroxylation is 2. The van der Waals surface area contributed by atoms with Crippen LogP contribution in [0.25, 0.3) is 11.1 Å². The number of benzene rings is 2. The van der Waals surface area contributed by atoms with Crippen LogP contribution in [0, 0.1) is 19.7 Å². The predicted molar refractivity (Wildman–Crippen MR) is 117 cm³/mol. The van der Waals surface area contributed by atoms with E-state index in [1.165, 1.54) is 23.3 Å². The molecule has 2 aromatic carbocycles. The zero-order chi connectivity index (χ0) is 21.1. The van der Waals surface area contributed by atoms with Crippen molar-refractivity contribution in [3.63, 3.8) is 0 Å². The van der Waals surface area contributed by atoms with Gasteiger partial charge < -0.3 is 10.3 Å². The van der Waals surface area contributed by atoms with Crippen LogP contribution in [0.4, 0.5) is 10.1 Å². The lowest BCUT2D eigenvalue weighted by Gasteiger charge is -2.09. The lowest BCUT2D eigenvalue weighted by Crippen LogP contribution is -2.15. The molecule has 0 saturated heterocycles. The molecular weight excluding hydrogens is 379 g/mol. The number of H-pyrrole nitrogens is 2. The Morgan fingerprint density at radius 1 is 1.00 bits per heavy atom. The Morgan fingerprint density at radius 2 is 1.73 bits per heavy atom. The predicted octanol–water partition coefficient (Wildman–Crippen LogP) is 4.72. The van der Waals surface area contributed by atoms with Gasteiger partial charge in [-0.2, -0.15) is 5.10 Å². The van der Waals surface area contributed by atoms with Gasteiger partial charge in [-0.15, -0.1) is 0 Å². The SMILES string of the molecule is Cc1n[nH]c(C)c1Cc1ccc(NCc2cc(-c3ccc(F)cc3)c[nH]c2=O)cc1. The lowest BCUT2D eigenvalue weighted by atomic mass is 10.0. The smallest absolute Gasteiger partial charge is 0.252 e. The van der Waals surface area contributed by atoms with Crippen molar-refractivity contribution in [1.82, 2.24) is 15.2 Å². The van der Waals surface area contributed by atoms with Crippen LogP contribution in [-0.2, 0) is 13.0 Å². The number of hydrogen-bond donors (Lipinski definition) is 3. The molecule has 0 aliphatic rings. The largest absolute Gasteiger partial charge is 0.381 e. The summed E-state index contributed by atoms with van der Waals surface area (Å²) in [7, 11) is 0. The second-order valence-electron chi connectivity index (χ2n) is 7.39. The highest BCUT2D eigenvalue weighted by atomic mass is 19.1. The molecule has 0 bridgehead atoms. The average molecular weight is 402 g/mol. The fraction of sp³-hybridized carbons (Fsp3) is 0.167. The van der Waals surface area contributed by atoms with Gasteiger partial charge in [0.15, 0.2) is 0 Å². The fourth-order valence-electron chi connectivity index (χ4n) is 3.45. The van der Waals surface area contributed by atoms with Gasteiger partial charge in [0.2, 0.25) is 0 Å². The summed E-state index contributed by atoms with van der Waals surface area (Å²) in [5.41, 5.74) is 7.64. The first-order chi connectivity index (χ1) is 14.5. The summed E-state index contributed by atoms with van der Waals surface area (Å²) in [6, 6.07) is 16.2. The van der Waals surface area contributed by atoms with Gasteiger partial charge in [0.1, 0.15) is 5.82 Å². The quantitative estimate of drug-likeness (QED) is 0.437. The summed E-state index contributed by atoms with van der Waals surface area (Å²) in [5, 5.41) is 10.6. The van der Waals surface area contributed by atoms with Crippen molar-refractivity contribution >= 4 is 5.69 Å². The number of pyridine rings is 1. The number of aromatic amines is 2. The van der Waals surface area contributed by atoms with Gasteiger partial charge in [-0.05, 0) is 60.9 Å². The summed E-state index contributed by atoms with van der Waals surface area (Å²) >= 11 is 0. The third-order valence-electron chi connectivity index (χ3n) is 5.26. The number of halogens is 1. The molecule has 0 amide bonds. The Kier molecular flexibility index (Phi) is 5.48. The number of anilines is 1. The Bertz CT molecular complexity index is 1190. The molecule has 4 aromatic rings. The number of nitrogens with zero attached hydrogens (tertiary/aromatic N) is 1. The first-order valence-corrected chi connectivity index (χ1v) is 9.80. The second kappa shape index (κ2) is 8.37. The molecule has 0 unspecified atom stereocenters. The minimum atomic E-state index is -0.286. The van der Waals surface area contributed by atoms with Crippen molar-refractivity contribution < 1.29 is 4.39 Å². The van der Waals surface area contributed by atoms with Gasteiger partial charge in [-0.3, -0.25) is 9.89 Å². The van der Waals surface area contributed by atoms with Gasteiger partial charge in [0, 0.05) is 41.7 Å². The molecule has 5 nitrogen and oxygen atoms in total. The van der Waals surface area contributed by atoms with Crippen LogP contribution in [0.5, 0.6) is 0 Å². The lowest BCUT2D eigenvalue weighted by molar-refractivity contribution is 0.628. The number of nitrogens with one attached hydrogen (secondary N) is 3. The van der Waals surface area contributed by atoms with Gasteiger partial charge in [0.25, 0.3) is 5.56 Å². The molecule has 0 atom stereocenters. The number of aromatic nitrogens is 3. The molecule has 2 heterocycles. The van der Waals surface area contributed by atoms with Crippen LogP contribution in [-0.4, -0.2) is 15.2 Å².